The van der Waals surface area contributed by atoms with Gasteiger partial charge in [-0.1, -0.05) is 23.7 Å². The fourth-order valence-electron chi connectivity index (χ4n) is 3.16. The number of hydrogen-bond acceptors (Lipinski definition) is 4. The number of hydrogen-bond donors (Lipinski definition) is 2. The molecule has 1 aliphatic rings. The summed E-state index contributed by atoms with van der Waals surface area (Å²) in [4.78, 5) is 14.4. The fourth-order valence-corrected chi connectivity index (χ4v) is 3.34. The summed E-state index contributed by atoms with van der Waals surface area (Å²) < 4.78 is 5.25. The first kappa shape index (κ1) is 17.0. The lowest BCUT2D eigenvalue weighted by Crippen LogP contribution is -2.37. The SMILES string of the molecule is O=C(CN1CCCC1CC(O)c1ccco1)Nc1ccccc1Cl. The Kier molecular flexibility index (Phi) is 5.56. The molecule has 1 aromatic carbocycles. The summed E-state index contributed by atoms with van der Waals surface area (Å²) in [6.45, 7) is 1.15. The monoisotopic (exact) mass is 348 g/mol. The quantitative estimate of drug-likeness (QED) is 0.839. The van der Waals surface area contributed by atoms with Crippen molar-refractivity contribution in [2.24, 2.45) is 0 Å². The zero-order valence-corrected chi connectivity index (χ0v) is 14.1. The summed E-state index contributed by atoms with van der Waals surface area (Å²) in [6, 6.07) is 10.9. The van der Waals surface area contributed by atoms with Gasteiger partial charge in [0.05, 0.1) is 23.5 Å². The van der Waals surface area contributed by atoms with Gasteiger partial charge < -0.3 is 14.8 Å². The van der Waals surface area contributed by atoms with Crippen LogP contribution in [-0.4, -0.2) is 35.0 Å². The van der Waals surface area contributed by atoms with Gasteiger partial charge in [-0.25, -0.2) is 0 Å². The molecule has 0 radical (unpaired) electrons. The summed E-state index contributed by atoms with van der Waals surface area (Å²) in [7, 11) is 0. The van der Waals surface area contributed by atoms with Crippen molar-refractivity contribution in [1.29, 1.82) is 0 Å². The molecule has 2 heterocycles. The molecule has 2 unspecified atom stereocenters. The first-order valence-corrected chi connectivity index (χ1v) is 8.51. The normalized spacial score (nSPS) is 19.3. The Balaban J connectivity index is 1.55. The second-order valence-electron chi connectivity index (χ2n) is 6.06. The molecule has 24 heavy (non-hydrogen) atoms. The molecular formula is C18H21ClN2O3. The van der Waals surface area contributed by atoms with Crippen molar-refractivity contribution in [2.75, 3.05) is 18.4 Å². The van der Waals surface area contributed by atoms with E-state index in [1.807, 2.05) is 12.1 Å². The third-order valence-electron chi connectivity index (χ3n) is 4.36. The topological polar surface area (TPSA) is 65.7 Å². The van der Waals surface area contributed by atoms with Crippen LogP contribution in [0.15, 0.2) is 47.1 Å². The number of aliphatic hydroxyl groups is 1. The number of carbonyl (C=O) groups excluding carboxylic acids is 1. The first-order chi connectivity index (χ1) is 11.6. The number of furan rings is 1. The summed E-state index contributed by atoms with van der Waals surface area (Å²) in [5.41, 5.74) is 0.621. The Morgan fingerprint density at radius 1 is 1.38 bits per heavy atom. The van der Waals surface area contributed by atoms with E-state index in [0.29, 0.717) is 29.4 Å². The average Bonchev–Trinajstić information content (AvgIpc) is 3.22. The van der Waals surface area contributed by atoms with Crippen LogP contribution in [0, 0.1) is 0 Å². The van der Waals surface area contributed by atoms with Gasteiger partial charge in [-0.3, -0.25) is 9.69 Å². The maximum atomic E-state index is 12.3. The highest BCUT2D eigenvalue weighted by Gasteiger charge is 2.29. The highest BCUT2D eigenvalue weighted by Crippen LogP contribution is 2.27. The Bertz CT molecular complexity index is 675. The largest absolute Gasteiger partial charge is 0.467 e. The van der Waals surface area contributed by atoms with Gasteiger partial charge in [0.2, 0.25) is 5.91 Å². The Morgan fingerprint density at radius 3 is 2.96 bits per heavy atom. The molecule has 1 fully saturated rings. The van der Waals surface area contributed by atoms with Crippen molar-refractivity contribution in [3.05, 3.63) is 53.4 Å². The summed E-state index contributed by atoms with van der Waals surface area (Å²) in [5.74, 6) is 0.477. The van der Waals surface area contributed by atoms with E-state index in [1.54, 1.807) is 30.5 Å². The van der Waals surface area contributed by atoms with Gasteiger partial charge in [-0.15, -0.1) is 0 Å². The van der Waals surface area contributed by atoms with Gasteiger partial charge in [0, 0.05) is 6.04 Å². The second kappa shape index (κ2) is 7.83. The standard InChI is InChI=1S/C18H21ClN2O3/c19-14-6-1-2-7-15(14)20-18(23)12-21-9-3-5-13(21)11-16(22)17-8-4-10-24-17/h1-2,4,6-8,10,13,16,22H,3,5,9,11-12H2,(H,20,23). The van der Waals surface area contributed by atoms with E-state index in [0.717, 1.165) is 19.4 Å². The summed E-state index contributed by atoms with van der Waals surface area (Å²) >= 11 is 6.07. The zero-order valence-electron chi connectivity index (χ0n) is 13.3. The minimum Gasteiger partial charge on any atom is -0.467 e. The molecule has 6 heteroatoms. The first-order valence-electron chi connectivity index (χ1n) is 8.13. The van der Waals surface area contributed by atoms with E-state index >= 15 is 0 Å². The van der Waals surface area contributed by atoms with Crippen molar-refractivity contribution in [2.45, 2.75) is 31.4 Å². The molecule has 1 aromatic heterocycles. The number of anilines is 1. The highest BCUT2D eigenvalue weighted by molar-refractivity contribution is 6.33. The van der Waals surface area contributed by atoms with Gasteiger partial charge in [0.25, 0.3) is 0 Å². The molecule has 0 spiro atoms. The van der Waals surface area contributed by atoms with Gasteiger partial charge in [-0.2, -0.15) is 0 Å². The number of benzene rings is 1. The number of halogens is 1. The van der Waals surface area contributed by atoms with Crippen molar-refractivity contribution in [3.63, 3.8) is 0 Å². The number of nitrogens with zero attached hydrogens (tertiary/aromatic N) is 1. The van der Waals surface area contributed by atoms with Gasteiger partial charge in [0.1, 0.15) is 11.9 Å². The van der Waals surface area contributed by atoms with Gasteiger partial charge in [0.15, 0.2) is 0 Å². The number of rotatable bonds is 6. The number of amides is 1. The lowest BCUT2D eigenvalue weighted by Gasteiger charge is -2.25. The number of aliphatic hydroxyl groups excluding tert-OH is 1. The number of carbonyl (C=O) groups is 1. The Morgan fingerprint density at radius 2 is 2.21 bits per heavy atom. The highest BCUT2D eigenvalue weighted by atomic mass is 35.5. The van der Waals surface area contributed by atoms with Crippen LogP contribution in [0.2, 0.25) is 5.02 Å². The van der Waals surface area contributed by atoms with Gasteiger partial charge in [-0.05, 0) is 50.1 Å². The molecule has 2 atom stereocenters. The van der Waals surface area contributed by atoms with Crippen LogP contribution in [0.3, 0.4) is 0 Å². The molecule has 0 saturated carbocycles. The molecule has 5 nitrogen and oxygen atoms in total. The van der Waals surface area contributed by atoms with E-state index in [2.05, 4.69) is 10.2 Å². The Labute approximate surface area is 146 Å². The minimum absolute atomic E-state index is 0.0949. The lowest BCUT2D eigenvalue weighted by molar-refractivity contribution is -0.117. The molecule has 0 bridgehead atoms. The summed E-state index contributed by atoms with van der Waals surface area (Å²) in [5, 5.41) is 13.6. The predicted molar refractivity (Wildman–Crippen MR) is 93.0 cm³/mol. The third kappa shape index (κ3) is 4.17. The lowest BCUT2D eigenvalue weighted by atomic mass is 10.1. The maximum Gasteiger partial charge on any atom is 0.238 e. The number of nitrogens with one attached hydrogen (secondary N) is 1. The van der Waals surface area contributed by atoms with Crippen LogP contribution in [0.25, 0.3) is 0 Å². The predicted octanol–water partition coefficient (Wildman–Crippen LogP) is 3.46. The molecule has 0 aliphatic carbocycles. The maximum absolute atomic E-state index is 12.3. The van der Waals surface area contributed by atoms with Crippen molar-refractivity contribution < 1.29 is 14.3 Å². The second-order valence-corrected chi connectivity index (χ2v) is 6.47. The summed E-state index contributed by atoms with van der Waals surface area (Å²) in [6.07, 6.45) is 3.47. The van der Waals surface area contributed by atoms with E-state index in [1.165, 1.54) is 0 Å². The minimum atomic E-state index is -0.641. The molecule has 3 rings (SSSR count). The zero-order chi connectivity index (χ0) is 16.9. The van der Waals surface area contributed by atoms with E-state index in [9.17, 15) is 9.90 Å². The smallest absolute Gasteiger partial charge is 0.238 e. The van der Waals surface area contributed by atoms with E-state index in [4.69, 9.17) is 16.0 Å². The van der Waals surface area contributed by atoms with Crippen molar-refractivity contribution >= 4 is 23.2 Å². The molecule has 2 N–H and O–H groups in total. The molecular weight excluding hydrogens is 328 g/mol. The van der Waals surface area contributed by atoms with Crippen LogP contribution in [-0.2, 0) is 4.79 Å². The van der Waals surface area contributed by atoms with Crippen molar-refractivity contribution in [3.8, 4) is 0 Å². The van der Waals surface area contributed by atoms with Crippen LogP contribution < -0.4 is 5.32 Å². The fraction of sp³-hybridized carbons (Fsp3) is 0.389. The Hall–Kier alpha value is -1.82. The molecule has 1 aliphatic heterocycles. The molecule has 1 amide bonds. The van der Waals surface area contributed by atoms with Crippen molar-refractivity contribution in [1.82, 2.24) is 4.90 Å². The van der Waals surface area contributed by atoms with Crippen LogP contribution in [0.4, 0.5) is 5.69 Å². The van der Waals surface area contributed by atoms with Gasteiger partial charge >= 0.3 is 0 Å². The number of para-hydroxylation sites is 1. The molecule has 1 saturated heterocycles. The van der Waals surface area contributed by atoms with Crippen LogP contribution >= 0.6 is 11.6 Å². The van der Waals surface area contributed by atoms with Crippen LogP contribution in [0.5, 0.6) is 0 Å². The third-order valence-corrected chi connectivity index (χ3v) is 4.69. The van der Waals surface area contributed by atoms with Crippen LogP contribution in [0.1, 0.15) is 31.1 Å². The van der Waals surface area contributed by atoms with E-state index in [-0.39, 0.29) is 11.9 Å². The average molecular weight is 349 g/mol. The van der Waals surface area contributed by atoms with E-state index < -0.39 is 6.10 Å². The molecule has 2 aromatic rings. The molecule has 128 valence electrons. The number of likely N-dealkylation sites (tertiary alicyclic amines) is 1.